The predicted octanol–water partition coefficient (Wildman–Crippen LogP) is 1.36. The fraction of sp³-hybridized carbons (Fsp3) is 0.167. The number of benzene rings is 1. The lowest BCUT2D eigenvalue weighted by Crippen LogP contribution is -2.19. The van der Waals surface area contributed by atoms with E-state index in [9.17, 15) is 13.2 Å². The van der Waals surface area contributed by atoms with Crippen LogP contribution in [-0.4, -0.2) is 30.5 Å². The summed E-state index contributed by atoms with van der Waals surface area (Å²) in [6.07, 6.45) is 2.79. The van der Waals surface area contributed by atoms with Gasteiger partial charge in [-0.1, -0.05) is 19.1 Å². The van der Waals surface area contributed by atoms with Crippen molar-refractivity contribution in [1.82, 2.24) is 0 Å². The zero-order valence-corrected chi connectivity index (χ0v) is 10.4. The van der Waals surface area contributed by atoms with Gasteiger partial charge in [0.2, 0.25) is 0 Å². The largest absolute Gasteiger partial charge is 0.362 e. The van der Waals surface area contributed by atoms with Crippen molar-refractivity contribution in [2.24, 2.45) is 0 Å². The third kappa shape index (κ3) is 1.81. The summed E-state index contributed by atoms with van der Waals surface area (Å²) in [5.41, 5.74) is 9.15. The molecule has 0 fully saturated rings. The fourth-order valence-corrected chi connectivity index (χ4v) is 2.91. The molecule has 0 atom stereocenters. The second kappa shape index (κ2) is 4.33. The Morgan fingerprint density at radius 2 is 2.00 bits per heavy atom. The third-order valence-corrected chi connectivity index (χ3v) is 4.56. The lowest BCUT2D eigenvalue weighted by molar-refractivity contribution is -0.00436. The zero-order valence-electron chi connectivity index (χ0n) is 9.62. The van der Waals surface area contributed by atoms with E-state index >= 15 is 0 Å². The van der Waals surface area contributed by atoms with Crippen LogP contribution in [0.1, 0.15) is 22.8 Å². The molecule has 6 heteroatoms. The number of hydrogen-bond donors (Lipinski definition) is 0. The Balaban J connectivity index is 2.76. The first-order valence-electron chi connectivity index (χ1n) is 5.32. The summed E-state index contributed by atoms with van der Waals surface area (Å²) in [5, 5.41) is 0. The Morgan fingerprint density at radius 3 is 2.61 bits per heavy atom. The molecule has 0 aromatic heterocycles. The van der Waals surface area contributed by atoms with Crippen molar-refractivity contribution in [3.05, 3.63) is 40.9 Å². The van der Waals surface area contributed by atoms with E-state index in [2.05, 4.69) is 4.79 Å². The van der Waals surface area contributed by atoms with E-state index in [1.54, 1.807) is 6.92 Å². The Bertz CT molecular complexity index is 711. The van der Waals surface area contributed by atoms with Crippen molar-refractivity contribution in [2.75, 3.05) is 5.75 Å². The van der Waals surface area contributed by atoms with E-state index in [4.69, 9.17) is 5.53 Å². The summed E-state index contributed by atoms with van der Waals surface area (Å²) < 4.78 is 23.8. The number of Topliss-reactive ketones (excluding diaryl/α,β-unsaturated/α-hetero) is 1. The van der Waals surface area contributed by atoms with Gasteiger partial charge in [0, 0.05) is 17.2 Å². The van der Waals surface area contributed by atoms with E-state index in [1.165, 1.54) is 30.4 Å². The quantitative estimate of drug-likeness (QED) is 0.595. The van der Waals surface area contributed by atoms with Crippen LogP contribution in [0.25, 0.3) is 11.6 Å². The Hall–Kier alpha value is -2.04. The fourth-order valence-electron chi connectivity index (χ4n) is 1.80. The minimum Gasteiger partial charge on any atom is -0.361 e. The van der Waals surface area contributed by atoms with Gasteiger partial charge in [0.15, 0.2) is 9.84 Å². The van der Waals surface area contributed by atoms with Crippen molar-refractivity contribution in [2.45, 2.75) is 11.8 Å². The number of carbonyl (C=O) groups is 1. The number of sulfone groups is 1. The molecule has 92 valence electrons. The van der Waals surface area contributed by atoms with Crippen molar-refractivity contribution in [3.63, 3.8) is 0 Å². The van der Waals surface area contributed by atoms with Crippen LogP contribution in [0.5, 0.6) is 0 Å². The molecule has 0 heterocycles. The summed E-state index contributed by atoms with van der Waals surface area (Å²) in [7, 11) is -3.39. The molecule has 2 rings (SSSR count). The van der Waals surface area contributed by atoms with Crippen molar-refractivity contribution < 1.29 is 18.0 Å². The summed E-state index contributed by atoms with van der Waals surface area (Å²) in [6.45, 7) is 1.55. The number of carbonyl (C=O) groups excluding carboxylic acids is 1. The first-order valence-corrected chi connectivity index (χ1v) is 6.97. The first kappa shape index (κ1) is 12.4. The summed E-state index contributed by atoms with van der Waals surface area (Å²) in [6, 6.07) is 4.49. The molecular weight excluding hydrogens is 252 g/mol. The van der Waals surface area contributed by atoms with Crippen LogP contribution in [0.15, 0.2) is 29.2 Å². The van der Waals surface area contributed by atoms with Gasteiger partial charge in [0.25, 0.3) is 5.78 Å². The normalized spacial score (nSPS) is 14.3. The number of fused-ring (bicyclic) bond motifs is 1. The van der Waals surface area contributed by atoms with E-state index in [1.807, 2.05) is 0 Å². The molecule has 0 spiro atoms. The third-order valence-electron chi connectivity index (χ3n) is 2.77. The maximum Gasteiger partial charge on any atom is 0.362 e. The monoisotopic (exact) mass is 262 g/mol. The molecule has 0 amide bonds. The van der Waals surface area contributed by atoms with Gasteiger partial charge in [-0.2, -0.15) is 4.79 Å². The zero-order chi connectivity index (χ0) is 13.3. The van der Waals surface area contributed by atoms with Gasteiger partial charge in [-0.25, -0.2) is 8.42 Å². The van der Waals surface area contributed by atoms with Crippen LogP contribution in [0.4, 0.5) is 0 Å². The number of rotatable bonds is 2. The Labute approximate surface area is 104 Å². The number of allylic oxidation sites excluding steroid dienone is 1. The highest BCUT2D eigenvalue weighted by Crippen LogP contribution is 2.25. The van der Waals surface area contributed by atoms with Gasteiger partial charge >= 0.3 is 5.71 Å². The van der Waals surface area contributed by atoms with Crippen LogP contribution in [0, 0.1) is 0 Å². The average molecular weight is 262 g/mol. The number of ketones is 1. The van der Waals surface area contributed by atoms with Gasteiger partial charge in [0.1, 0.15) is 0 Å². The molecule has 0 saturated heterocycles. The molecule has 0 radical (unpaired) electrons. The Kier molecular flexibility index (Phi) is 2.98. The minimum atomic E-state index is -3.39. The average Bonchev–Trinajstić information content (AvgIpc) is 2.39. The molecule has 0 unspecified atom stereocenters. The van der Waals surface area contributed by atoms with Crippen LogP contribution in [0.2, 0.25) is 0 Å². The van der Waals surface area contributed by atoms with Gasteiger partial charge in [0.05, 0.1) is 10.6 Å². The molecule has 0 saturated carbocycles. The second-order valence-corrected chi connectivity index (χ2v) is 6.02. The highest BCUT2D eigenvalue weighted by atomic mass is 32.2. The topological polar surface area (TPSA) is 87.6 Å². The molecule has 0 N–H and O–H groups in total. The number of nitrogens with zero attached hydrogens (tertiary/aromatic N) is 2. The lowest BCUT2D eigenvalue weighted by atomic mass is 9.95. The van der Waals surface area contributed by atoms with Gasteiger partial charge in [-0.05, 0) is 12.1 Å². The minimum absolute atomic E-state index is 0.0353. The standard InChI is InChI=1S/C12H10N2O3S/c1-2-18(16,17)11-5-3-4-9-8(11)6-7-10(14-13)12(9)15/h3-7H,2H2,1H3. The highest BCUT2D eigenvalue weighted by molar-refractivity contribution is 7.91. The molecule has 1 aliphatic rings. The van der Waals surface area contributed by atoms with E-state index in [-0.39, 0.29) is 21.9 Å². The first-order chi connectivity index (χ1) is 8.51. The second-order valence-electron chi connectivity index (χ2n) is 3.77. The van der Waals surface area contributed by atoms with Crippen molar-refractivity contribution >= 4 is 27.4 Å². The Morgan fingerprint density at radius 1 is 1.28 bits per heavy atom. The maximum absolute atomic E-state index is 11.9. The molecule has 1 aromatic carbocycles. The van der Waals surface area contributed by atoms with Gasteiger partial charge < -0.3 is 5.53 Å². The molecular formula is C12H10N2O3S. The van der Waals surface area contributed by atoms with Crippen LogP contribution in [0.3, 0.4) is 0 Å². The van der Waals surface area contributed by atoms with Gasteiger partial charge in [-0.3, -0.25) is 4.79 Å². The van der Waals surface area contributed by atoms with Crippen LogP contribution in [-0.2, 0) is 9.84 Å². The lowest BCUT2D eigenvalue weighted by Gasteiger charge is -2.11. The maximum atomic E-state index is 11.9. The molecule has 18 heavy (non-hydrogen) atoms. The van der Waals surface area contributed by atoms with E-state index in [0.29, 0.717) is 5.56 Å². The smallest absolute Gasteiger partial charge is 0.361 e. The predicted molar refractivity (Wildman–Crippen MR) is 66.2 cm³/mol. The molecule has 5 nitrogen and oxygen atoms in total. The van der Waals surface area contributed by atoms with E-state index in [0.717, 1.165) is 0 Å². The molecule has 1 aliphatic carbocycles. The van der Waals surface area contributed by atoms with Crippen LogP contribution < -0.4 is 0 Å². The molecule has 0 aliphatic heterocycles. The van der Waals surface area contributed by atoms with Crippen molar-refractivity contribution in [1.29, 1.82) is 0 Å². The molecule has 0 bridgehead atoms. The van der Waals surface area contributed by atoms with Gasteiger partial charge in [-0.15, -0.1) is 0 Å². The summed E-state index contributed by atoms with van der Waals surface area (Å²) >= 11 is 0. The van der Waals surface area contributed by atoms with E-state index < -0.39 is 15.6 Å². The summed E-state index contributed by atoms with van der Waals surface area (Å²) in [5.74, 6) is -0.518. The highest BCUT2D eigenvalue weighted by Gasteiger charge is 2.29. The SMILES string of the molecule is CCS(=O)(=O)c1cccc2c1C=CC(=[N+]=[N-])C2=O. The number of hydrogen-bond acceptors (Lipinski definition) is 3. The van der Waals surface area contributed by atoms with Crippen molar-refractivity contribution in [3.8, 4) is 0 Å². The summed E-state index contributed by atoms with van der Waals surface area (Å²) in [4.78, 5) is 14.9. The molecule has 1 aromatic rings. The van der Waals surface area contributed by atoms with Crippen LogP contribution >= 0.6 is 0 Å².